The van der Waals surface area contributed by atoms with Crippen molar-refractivity contribution in [3.05, 3.63) is 0 Å². The summed E-state index contributed by atoms with van der Waals surface area (Å²) in [6.45, 7) is 5.21. The molecule has 0 aromatic carbocycles. The number of hydrogen-bond donors (Lipinski definition) is 0. The predicted octanol–water partition coefficient (Wildman–Crippen LogP) is 5.65. The molecule has 3 nitrogen and oxygen atoms in total. The number of hydrogen-bond acceptors (Lipinski definition) is 3. The van der Waals surface area contributed by atoms with Gasteiger partial charge in [0.1, 0.15) is 0 Å². The zero-order chi connectivity index (χ0) is 15.3. The molecule has 0 heterocycles. The topological polar surface area (TPSA) is 27.7 Å². The number of rotatable bonds is 9. The standard InChI is InChI=1S/3C3H5Cl2O.Sb/c3*1-2-3(4,5)6;/h3*2H2,1H3;/q3*-1;+3. The van der Waals surface area contributed by atoms with Gasteiger partial charge in [0.2, 0.25) is 0 Å². The third-order valence-electron chi connectivity index (χ3n) is 1.86. The van der Waals surface area contributed by atoms with Crippen molar-refractivity contribution in [1.29, 1.82) is 0 Å². The second-order valence-corrected chi connectivity index (χ2v) is 10.6. The molecule has 19 heavy (non-hydrogen) atoms. The van der Waals surface area contributed by atoms with Crippen molar-refractivity contribution >= 4 is 91.1 Å². The van der Waals surface area contributed by atoms with Crippen molar-refractivity contribution in [1.82, 2.24) is 0 Å². The van der Waals surface area contributed by atoms with Gasteiger partial charge in [0.25, 0.3) is 0 Å². The van der Waals surface area contributed by atoms with Gasteiger partial charge in [0, 0.05) is 0 Å². The molecule has 10 heteroatoms. The van der Waals surface area contributed by atoms with Crippen LogP contribution in [0.5, 0.6) is 0 Å². The van der Waals surface area contributed by atoms with E-state index in [9.17, 15) is 0 Å². The summed E-state index contributed by atoms with van der Waals surface area (Å²) in [4.78, 5) is 0. The van der Waals surface area contributed by atoms with Crippen LogP contribution in [-0.4, -0.2) is 35.0 Å². The van der Waals surface area contributed by atoms with E-state index in [2.05, 4.69) is 0 Å². The van der Waals surface area contributed by atoms with Gasteiger partial charge in [0.05, 0.1) is 0 Å². The predicted molar refractivity (Wildman–Crippen MR) is 83.2 cm³/mol. The Kier molecular flexibility index (Phi) is 10.1. The summed E-state index contributed by atoms with van der Waals surface area (Å²) in [6.07, 6.45) is 0.949. The molecule has 0 aromatic rings. The fourth-order valence-electron chi connectivity index (χ4n) is 0.577. The minimum atomic E-state index is -3.45. The van der Waals surface area contributed by atoms with Crippen LogP contribution in [0, 0.1) is 0 Å². The maximum atomic E-state index is 5.92. The normalized spacial score (nSPS) is 14.2. The Hall–Kier alpha value is 2.44. The van der Waals surface area contributed by atoms with Gasteiger partial charge in [0.15, 0.2) is 0 Å². The molecule has 0 fully saturated rings. The molecule has 0 aliphatic heterocycles. The number of halogens is 6. The summed E-state index contributed by atoms with van der Waals surface area (Å²) in [5.74, 6) is 0. The Balaban J connectivity index is 4.84. The monoisotopic (exact) mass is 502 g/mol. The Labute approximate surface area is 152 Å². The van der Waals surface area contributed by atoms with Crippen LogP contribution < -0.4 is 0 Å². The fraction of sp³-hybridized carbons (Fsp3) is 1.00. The fourth-order valence-corrected chi connectivity index (χ4v) is 6.14. The molecule has 0 aliphatic carbocycles. The van der Waals surface area contributed by atoms with E-state index < -0.39 is 35.0 Å². The van der Waals surface area contributed by atoms with Gasteiger partial charge in [-0.3, -0.25) is 0 Å². The molecule has 116 valence electrons. The van der Waals surface area contributed by atoms with Crippen LogP contribution in [-0.2, 0) is 9.05 Å². The van der Waals surface area contributed by atoms with Gasteiger partial charge in [-0.25, -0.2) is 0 Å². The molecular formula is C9H15Cl6O3Sb. The zero-order valence-corrected chi connectivity index (χ0v) is 17.6. The second-order valence-electron chi connectivity index (χ2n) is 3.47. The third kappa shape index (κ3) is 9.94. The van der Waals surface area contributed by atoms with Crippen LogP contribution in [0.2, 0.25) is 0 Å². The van der Waals surface area contributed by atoms with Crippen LogP contribution >= 0.6 is 69.6 Å². The van der Waals surface area contributed by atoms with Crippen LogP contribution in [0.3, 0.4) is 0 Å². The first-order valence-electron chi connectivity index (χ1n) is 5.48. The van der Waals surface area contributed by atoms with Gasteiger partial charge >= 0.3 is 154 Å². The first-order chi connectivity index (χ1) is 8.47. The van der Waals surface area contributed by atoms with E-state index in [1.54, 1.807) is 20.8 Å². The summed E-state index contributed by atoms with van der Waals surface area (Å²) in [5.41, 5.74) is 0. The van der Waals surface area contributed by atoms with Crippen molar-refractivity contribution in [3.63, 3.8) is 0 Å². The van der Waals surface area contributed by atoms with Gasteiger partial charge < -0.3 is 0 Å². The summed E-state index contributed by atoms with van der Waals surface area (Å²) >= 11 is 32.1. The quantitative estimate of drug-likeness (QED) is 0.300. The van der Waals surface area contributed by atoms with Gasteiger partial charge in [-0.15, -0.1) is 0 Å². The third-order valence-corrected chi connectivity index (χ3v) is 9.80. The molecule has 0 N–H and O–H groups in total. The molecule has 0 saturated carbocycles. The molecule has 0 radical (unpaired) electrons. The van der Waals surface area contributed by atoms with E-state index in [-0.39, 0.29) is 0 Å². The van der Waals surface area contributed by atoms with Crippen molar-refractivity contribution < 1.29 is 9.05 Å². The Bertz CT molecular complexity index is 234. The van der Waals surface area contributed by atoms with Crippen molar-refractivity contribution in [3.8, 4) is 0 Å². The second kappa shape index (κ2) is 8.91. The average molecular weight is 506 g/mol. The molecule has 0 aliphatic rings. The molecular weight excluding hydrogens is 491 g/mol. The minimum absolute atomic E-state index is 0.316. The SMILES string of the molecule is CCC(Cl)(Cl)[O][Sb]([O]C(Cl)(Cl)CC)[O]C(Cl)(Cl)CC. The summed E-state index contributed by atoms with van der Waals surface area (Å²) in [5, 5.41) is 0. The Morgan fingerprint density at radius 1 is 0.632 bits per heavy atom. The van der Waals surface area contributed by atoms with Gasteiger partial charge in [-0.1, -0.05) is 0 Å². The van der Waals surface area contributed by atoms with E-state index >= 15 is 0 Å². The van der Waals surface area contributed by atoms with Crippen molar-refractivity contribution in [2.24, 2.45) is 0 Å². The number of alkyl halides is 6. The molecule has 0 atom stereocenters. The molecule has 0 rings (SSSR count). The van der Waals surface area contributed by atoms with Crippen LogP contribution in [0.25, 0.3) is 0 Å². The maximum absolute atomic E-state index is 5.92. The van der Waals surface area contributed by atoms with Crippen LogP contribution in [0.4, 0.5) is 0 Å². The first-order valence-corrected chi connectivity index (χ1v) is 10.9. The van der Waals surface area contributed by atoms with E-state index in [4.69, 9.17) is 78.7 Å². The molecule has 0 saturated heterocycles. The van der Waals surface area contributed by atoms with Crippen molar-refractivity contribution in [2.45, 2.75) is 53.6 Å². The molecule has 0 unspecified atom stereocenters. The van der Waals surface area contributed by atoms with E-state index in [1.165, 1.54) is 0 Å². The van der Waals surface area contributed by atoms with Crippen molar-refractivity contribution in [2.75, 3.05) is 0 Å². The van der Waals surface area contributed by atoms with Crippen LogP contribution in [0.1, 0.15) is 40.0 Å². The summed E-state index contributed by atoms with van der Waals surface area (Å²) < 4.78 is 11.8. The molecule has 0 aromatic heterocycles. The Morgan fingerprint density at radius 3 is 1.00 bits per heavy atom. The molecule has 0 amide bonds. The molecule has 0 bridgehead atoms. The Morgan fingerprint density at radius 2 is 0.842 bits per heavy atom. The van der Waals surface area contributed by atoms with Gasteiger partial charge in [-0.05, 0) is 0 Å². The van der Waals surface area contributed by atoms with E-state index in [0.717, 1.165) is 0 Å². The summed E-state index contributed by atoms with van der Waals surface area (Å²) in [7, 11) is 0. The first kappa shape index (κ1) is 21.4. The average Bonchev–Trinajstić information content (AvgIpc) is 2.27. The van der Waals surface area contributed by atoms with Gasteiger partial charge in [-0.2, -0.15) is 0 Å². The summed E-state index contributed by atoms with van der Waals surface area (Å²) in [6, 6.07) is 0. The van der Waals surface area contributed by atoms with E-state index in [1.807, 2.05) is 0 Å². The zero-order valence-electron chi connectivity index (χ0n) is 10.6. The van der Waals surface area contributed by atoms with Crippen LogP contribution in [0.15, 0.2) is 0 Å². The van der Waals surface area contributed by atoms with E-state index in [0.29, 0.717) is 19.3 Å². The molecule has 0 spiro atoms.